The van der Waals surface area contributed by atoms with Gasteiger partial charge in [0, 0.05) is 31.1 Å². The number of piperidine rings is 1. The van der Waals surface area contributed by atoms with E-state index >= 15 is 0 Å². The molecule has 0 radical (unpaired) electrons. The van der Waals surface area contributed by atoms with Crippen molar-refractivity contribution < 1.29 is 22.7 Å². The monoisotopic (exact) mass is 411 g/mol. The summed E-state index contributed by atoms with van der Waals surface area (Å²) >= 11 is 0. The number of imidazole rings is 1. The Morgan fingerprint density at radius 1 is 1.21 bits per heavy atom. The Hall–Kier alpha value is -2.29. The van der Waals surface area contributed by atoms with Crippen LogP contribution >= 0.6 is 0 Å². The molecule has 2 saturated heterocycles. The van der Waals surface area contributed by atoms with E-state index in [1.807, 2.05) is 0 Å². The Kier molecular flexibility index (Phi) is 4.76. The molecule has 2 fully saturated rings. The number of hydrogen-bond donors (Lipinski definition) is 1. The normalized spacial score (nSPS) is 24.8. The maximum Gasteiger partial charge on any atom is 0.416 e. The highest BCUT2D eigenvalue weighted by atomic mass is 19.4. The third kappa shape index (κ3) is 3.56. The number of alkyl halides is 3. The van der Waals surface area contributed by atoms with E-state index in [4.69, 9.17) is 4.74 Å². The predicted octanol–water partition coefficient (Wildman–Crippen LogP) is 3.39. The number of hydrogen-bond acceptors (Lipinski definition) is 4. The lowest BCUT2D eigenvalue weighted by Crippen LogP contribution is -2.54. The highest BCUT2D eigenvalue weighted by Gasteiger charge is 2.40. The van der Waals surface area contributed by atoms with Crippen LogP contribution in [0.5, 0.6) is 0 Å². The first-order valence-corrected chi connectivity index (χ1v) is 9.81. The highest BCUT2D eigenvalue weighted by Crippen LogP contribution is 2.36. The Balaban J connectivity index is 1.59. The van der Waals surface area contributed by atoms with Crippen molar-refractivity contribution in [2.75, 3.05) is 19.7 Å². The zero-order valence-electron chi connectivity index (χ0n) is 16.4. The second-order valence-electron chi connectivity index (χ2n) is 8.34. The molecule has 29 heavy (non-hydrogen) atoms. The number of H-pyrrole nitrogens is 1. The molecule has 2 aromatic rings. The van der Waals surface area contributed by atoms with Crippen LogP contribution in [-0.2, 0) is 15.7 Å². The predicted molar refractivity (Wildman–Crippen MR) is 101 cm³/mol. The maximum atomic E-state index is 13.2. The number of aryl methyl sites for hydroxylation is 1. The molecule has 0 amide bonds. The lowest BCUT2D eigenvalue weighted by Gasteiger charge is -2.46. The number of cyclic esters (lactones) is 1. The maximum absolute atomic E-state index is 13.2. The quantitative estimate of drug-likeness (QED) is 0.770. The molecule has 1 unspecified atom stereocenters. The van der Waals surface area contributed by atoms with E-state index in [2.05, 4.69) is 16.8 Å². The molecule has 2 aliphatic rings. The number of benzene rings is 1. The largest absolute Gasteiger partial charge is 0.466 e. The van der Waals surface area contributed by atoms with Crippen LogP contribution in [0.3, 0.4) is 0 Å². The number of halogens is 3. The number of fused-ring (bicyclic) bond motifs is 1. The van der Waals surface area contributed by atoms with Gasteiger partial charge in [-0.1, -0.05) is 0 Å². The fourth-order valence-corrected chi connectivity index (χ4v) is 4.71. The van der Waals surface area contributed by atoms with Crippen LogP contribution in [0, 0.1) is 6.92 Å². The van der Waals surface area contributed by atoms with Gasteiger partial charge in [-0.25, -0.2) is 4.79 Å². The Morgan fingerprint density at radius 2 is 1.90 bits per heavy atom. The van der Waals surface area contributed by atoms with Gasteiger partial charge in [0.2, 0.25) is 0 Å². The van der Waals surface area contributed by atoms with Gasteiger partial charge in [0.1, 0.15) is 0 Å². The molecule has 0 aliphatic carbocycles. The molecule has 4 rings (SSSR count). The van der Waals surface area contributed by atoms with Crippen molar-refractivity contribution in [2.45, 2.75) is 57.3 Å². The van der Waals surface area contributed by atoms with E-state index in [9.17, 15) is 22.8 Å². The average Bonchev–Trinajstić information content (AvgIpc) is 2.95. The fourth-order valence-electron chi connectivity index (χ4n) is 4.71. The Bertz CT molecular complexity index is 1000. The van der Waals surface area contributed by atoms with Gasteiger partial charge in [-0.2, -0.15) is 13.2 Å². The van der Waals surface area contributed by atoms with Gasteiger partial charge < -0.3 is 9.72 Å². The summed E-state index contributed by atoms with van der Waals surface area (Å²) in [4.78, 5) is 29.1. The van der Waals surface area contributed by atoms with Gasteiger partial charge >= 0.3 is 17.8 Å². The molecule has 3 heterocycles. The molecule has 0 saturated carbocycles. The highest BCUT2D eigenvalue weighted by molar-refractivity contribution is 5.77. The molecule has 0 spiro atoms. The molecular weight excluding hydrogens is 387 g/mol. The minimum absolute atomic E-state index is 0.0946. The summed E-state index contributed by atoms with van der Waals surface area (Å²) in [5.41, 5.74) is -0.550. The summed E-state index contributed by atoms with van der Waals surface area (Å²) in [6.45, 7) is 5.32. The van der Waals surface area contributed by atoms with E-state index < -0.39 is 11.7 Å². The van der Waals surface area contributed by atoms with Crippen LogP contribution in [0.15, 0.2) is 16.9 Å². The molecule has 9 heteroatoms. The van der Waals surface area contributed by atoms with E-state index in [1.165, 1.54) is 13.0 Å². The second kappa shape index (κ2) is 6.90. The molecular formula is C20H24F3N3O3. The topological polar surface area (TPSA) is 67.3 Å². The molecule has 0 bridgehead atoms. The van der Waals surface area contributed by atoms with Gasteiger partial charge in [0.15, 0.2) is 0 Å². The van der Waals surface area contributed by atoms with E-state index in [0.29, 0.717) is 44.5 Å². The summed E-state index contributed by atoms with van der Waals surface area (Å²) in [6.07, 6.45) is -1.95. The first-order valence-electron chi connectivity index (χ1n) is 9.81. The first kappa shape index (κ1) is 20.0. The van der Waals surface area contributed by atoms with Crippen molar-refractivity contribution in [3.63, 3.8) is 0 Å². The summed E-state index contributed by atoms with van der Waals surface area (Å²) in [7, 11) is 0. The summed E-state index contributed by atoms with van der Waals surface area (Å²) in [6, 6.07) is 2.37. The van der Waals surface area contributed by atoms with Crippen molar-refractivity contribution in [1.29, 1.82) is 0 Å². The zero-order chi connectivity index (χ0) is 21.0. The Labute approximate surface area is 165 Å². The van der Waals surface area contributed by atoms with Crippen molar-refractivity contribution in [2.24, 2.45) is 0 Å². The number of nitrogens with one attached hydrogen (secondary N) is 1. The van der Waals surface area contributed by atoms with Crippen LogP contribution in [0.1, 0.15) is 49.8 Å². The van der Waals surface area contributed by atoms with Crippen molar-refractivity contribution >= 4 is 17.0 Å². The zero-order valence-corrected chi connectivity index (χ0v) is 16.4. The lowest BCUT2D eigenvalue weighted by molar-refractivity contribution is -0.154. The third-order valence-corrected chi connectivity index (χ3v) is 6.39. The minimum Gasteiger partial charge on any atom is -0.466 e. The minimum atomic E-state index is -4.46. The molecule has 1 aromatic carbocycles. The van der Waals surface area contributed by atoms with Gasteiger partial charge in [-0.15, -0.1) is 0 Å². The summed E-state index contributed by atoms with van der Waals surface area (Å²) < 4.78 is 46.2. The number of esters is 1. The van der Waals surface area contributed by atoms with E-state index in [-0.39, 0.29) is 34.3 Å². The first-order chi connectivity index (χ1) is 13.6. The summed E-state index contributed by atoms with van der Waals surface area (Å²) in [5, 5.41) is 0. The van der Waals surface area contributed by atoms with Crippen molar-refractivity contribution in [3.05, 3.63) is 33.7 Å². The SMILES string of the molecule is Cc1cc2c(cc1C(F)(F)F)[nH]c(=O)n2C1CCN(C2(C)CCOC(=O)C2)CC1. The van der Waals surface area contributed by atoms with Crippen LogP contribution < -0.4 is 5.69 Å². The average molecular weight is 411 g/mol. The molecule has 1 N–H and O–H groups in total. The van der Waals surface area contributed by atoms with Crippen molar-refractivity contribution in [1.82, 2.24) is 14.5 Å². The molecule has 1 atom stereocenters. The third-order valence-electron chi connectivity index (χ3n) is 6.39. The summed E-state index contributed by atoms with van der Waals surface area (Å²) in [5.74, 6) is -0.190. The number of aromatic amines is 1. The smallest absolute Gasteiger partial charge is 0.416 e. The lowest BCUT2D eigenvalue weighted by atomic mass is 9.87. The standard InChI is InChI=1S/C20H24F3N3O3/c1-12-9-16-15(10-14(12)20(21,22)23)24-18(28)26(16)13-3-6-25(7-4-13)19(2)5-8-29-17(27)11-19/h9-10,13H,3-8,11H2,1-2H3,(H,24,28). The van der Waals surface area contributed by atoms with E-state index in [1.54, 1.807) is 4.57 Å². The molecule has 6 nitrogen and oxygen atoms in total. The van der Waals surface area contributed by atoms with Crippen molar-refractivity contribution in [3.8, 4) is 0 Å². The molecule has 1 aromatic heterocycles. The number of carbonyl (C=O) groups excluding carboxylic acids is 1. The number of ether oxygens (including phenoxy) is 1. The number of aromatic nitrogens is 2. The number of nitrogens with zero attached hydrogens (tertiary/aromatic N) is 2. The second-order valence-corrected chi connectivity index (χ2v) is 8.34. The van der Waals surface area contributed by atoms with Gasteiger partial charge in [0.05, 0.1) is 29.6 Å². The van der Waals surface area contributed by atoms with Crippen LogP contribution in [0.2, 0.25) is 0 Å². The fraction of sp³-hybridized carbons (Fsp3) is 0.600. The number of likely N-dealkylation sites (tertiary alicyclic amines) is 1. The van der Waals surface area contributed by atoms with Gasteiger partial charge in [-0.05, 0) is 44.4 Å². The van der Waals surface area contributed by atoms with E-state index in [0.717, 1.165) is 12.5 Å². The van der Waals surface area contributed by atoms with Crippen LogP contribution in [0.4, 0.5) is 13.2 Å². The molecule has 2 aliphatic heterocycles. The number of carbonyl (C=O) groups is 1. The Morgan fingerprint density at radius 3 is 2.52 bits per heavy atom. The van der Waals surface area contributed by atoms with Gasteiger partial charge in [-0.3, -0.25) is 14.3 Å². The van der Waals surface area contributed by atoms with Gasteiger partial charge in [0.25, 0.3) is 0 Å². The van der Waals surface area contributed by atoms with Crippen LogP contribution in [-0.4, -0.2) is 45.7 Å². The molecule has 158 valence electrons. The number of rotatable bonds is 2. The van der Waals surface area contributed by atoms with Crippen LogP contribution in [0.25, 0.3) is 11.0 Å².